The maximum absolute atomic E-state index is 12.0. The molecule has 23 heavy (non-hydrogen) atoms. The molecule has 0 bridgehead atoms. The van der Waals surface area contributed by atoms with E-state index < -0.39 is 0 Å². The first-order valence-corrected chi connectivity index (χ1v) is 7.48. The average Bonchev–Trinajstić information content (AvgIpc) is 2.57. The summed E-state index contributed by atoms with van der Waals surface area (Å²) in [6.45, 7) is 7.11. The molecule has 0 aliphatic rings. The zero-order chi connectivity index (χ0) is 17.2. The molecule has 0 spiro atoms. The molecule has 0 saturated carbocycles. The smallest absolute Gasteiger partial charge is 0.321 e. The van der Waals surface area contributed by atoms with E-state index in [1.54, 1.807) is 17.0 Å². The van der Waals surface area contributed by atoms with Gasteiger partial charge >= 0.3 is 6.03 Å². The Labute approximate surface area is 137 Å². The summed E-state index contributed by atoms with van der Waals surface area (Å²) >= 11 is 0. The van der Waals surface area contributed by atoms with Crippen LogP contribution in [0.1, 0.15) is 32.4 Å². The van der Waals surface area contributed by atoms with Gasteiger partial charge in [0.05, 0.1) is 0 Å². The van der Waals surface area contributed by atoms with E-state index in [2.05, 4.69) is 10.6 Å². The van der Waals surface area contributed by atoms with Gasteiger partial charge in [-0.1, -0.05) is 12.1 Å². The lowest BCUT2D eigenvalue weighted by molar-refractivity contribution is 0.217. The largest absolute Gasteiger partial charge is 0.383 e. The van der Waals surface area contributed by atoms with Crippen LogP contribution < -0.4 is 10.6 Å². The molecule has 1 aromatic rings. The summed E-state index contributed by atoms with van der Waals surface area (Å²) in [7, 11) is 0. The standard InChI is InChI=1S/C17H21N5O/c1-4-22(5-2)17(23)21-16-8-6-15(7-9-16)13(3)20-12-14(10-18)11-19/h6-9,12-13,20H,4-5H2,1-3H3,(H,21,23). The van der Waals surface area contributed by atoms with Gasteiger partial charge in [-0.3, -0.25) is 0 Å². The number of amides is 2. The number of urea groups is 1. The summed E-state index contributed by atoms with van der Waals surface area (Å²) in [5.41, 5.74) is 1.74. The van der Waals surface area contributed by atoms with E-state index in [-0.39, 0.29) is 17.6 Å². The number of carbonyl (C=O) groups is 1. The van der Waals surface area contributed by atoms with Crippen molar-refractivity contribution in [1.29, 1.82) is 10.5 Å². The van der Waals surface area contributed by atoms with Gasteiger partial charge in [0, 0.05) is 31.0 Å². The number of rotatable bonds is 6. The van der Waals surface area contributed by atoms with Crippen molar-refractivity contribution in [3.63, 3.8) is 0 Å². The Bertz CT molecular complexity index is 616. The van der Waals surface area contributed by atoms with Gasteiger partial charge in [-0.05, 0) is 38.5 Å². The lowest BCUT2D eigenvalue weighted by atomic mass is 10.1. The molecule has 0 radical (unpaired) electrons. The summed E-state index contributed by atoms with van der Waals surface area (Å²) in [4.78, 5) is 13.7. The van der Waals surface area contributed by atoms with Crippen LogP contribution in [0.3, 0.4) is 0 Å². The average molecular weight is 311 g/mol. The molecule has 6 heteroatoms. The van der Waals surface area contributed by atoms with Crippen LogP contribution in [0, 0.1) is 22.7 Å². The highest BCUT2D eigenvalue weighted by atomic mass is 16.2. The Morgan fingerprint density at radius 3 is 2.26 bits per heavy atom. The second-order valence-electron chi connectivity index (χ2n) is 4.89. The Hall–Kier alpha value is -2.99. The molecule has 1 atom stereocenters. The zero-order valence-electron chi connectivity index (χ0n) is 13.6. The number of allylic oxidation sites excluding steroid dienone is 1. The van der Waals surface area contributed by atoms with Crippen molar-refractivity contribution in [2.75, 3.05) is 18.4 Å². The van der Waals surface area contributed by atoms with E-state index in [4.69, 9.17) is 10.5 Å². The van der Waals surface area contributed by atoms with Gasteiger partial charge in [0.25, 0.3) is 0 Å². The highest BCUT2D eigenvalue weighted by Gasteiger charge is 2.09. The van der Waals surface area contributed by atoms with Crippen LogP contribution >= 0.6 is 0 Å². The van der Waals surface area contributed by atoms with Crippen LogP contribution in [0.5, 0.6) is 0 Å². The minimum Gasteiger partial charge on any atom is -0.383 e. The van der Waals surface area contributed by atoms with E-state index in [0.29, 0.717) is 13.1 Å². The van der Waals surface area contributed by atoms with Crippen LogP contribution in [0.25, 0.3) is 0 Å². The third-order valence-corrected chi connectivity index (χ3v) is 3.43. The molecule has 1 unspecified atom stereocenters. The van der Waals surface area contributed by atoms with Gasteiger partial charge in [0.1, 0.15) is 17.7 Å². The Balaban J connectivity index is 2.70. The van der Waals surface area contributed by atoms with E-state index in [1.165, 1.54) is 6.20 Å². The number of nitrogens with one attached hydrogen (secondary N) is 2. The summed E-state index contributed by atoms with van der Waals surface area (Å²) in [6.07, 6.45) is 1.40. The highest BCUT2D eigenvalue weighted by Crippen LogP contribution is 2.16. The first kappa shape index (κ1) is 18.1. The third kappa shape index (κ3) is 5.37. The number of hydrogen-bond acceptors (Lipinski definition) is 4. The molecule has 0 heterocycles. The van der Waals surface area contributed by atoms with Gasteiger partial charge in [-0.2, -0.15) is 10.5 Å². The van der Waals surface area contributed by atoms with Gasteiger partial charge < -0.3 is 15.5 Å². The Morgan fingerprint density at radius 1 is 1.22 bits per heavy atom. The number of anilines is 1. The summed E-state index contributed by atoms with van der Waals surface area (Å²) in [6, 6.07) is 10.9. The molecule has 0 aromatic heterocycles. The Morgan fingerprint density at radius 2 is 1.78 bits per heavy atom. The molecule has 2 amide bonds. The fourth-order valence-corrected chi connectivity index (χ4v) is 1.96. The van der Waals surface area contributed by atoms with Crippen LogP contribution in [0.2, 0.25) is 0 Å². The molecule has 1 aromatic carbocycles. The molecular weight excluding hydrogens is 290 g/mol. The summed E-state index contributed by atoms with van der Waals surface area (Å²) in [5.74, 6) is 0. The van der Waals surface area contributed by atoms with Crippen LogP contribution in [0.4, 0.5) is 10.5 Å². The second-order valence-corrected chi connectivity index (χ2v) is 4.89. The zero-order valence-corrected chi connectivity index (χ0v) is 13.6. The normalized spacial score (nSPS) is 10.7. The Kier molecular flexibility index (Phi) is 7.16. The molecule has 6 nitrogen and oxygen atoms in total. The van der Waals surface area contributed by atoms with Gasteiger partial charge in [-0.25, -0.2) is 4.79 Å². The van der Waals surface area contributed by atoms with Crippen molar-refractivity contribution in [1.82, 2.24) is 10.2 Å². The lowest BCUT2D eigenvalue weighted by Crippen LogP contribution is -2.34. The van der Waals surface area contributed by atoms with Crippen molar-refractivity contribution in [2.45, 2.75) is 26.8 Å². The lowest BCUT2D eigenvalue weighted by Gasteiger charge is -2.19. The summed E-state index contributed by atoms with van der Waals surface area (Å²) in [5, 5.41) is 23.2. The van der Waals surface area contributed by atoms with E-state index in [0.717, 1.165) is 11.3 Å². The third-order valence-electron chi connectivity index (χ3n) is 3.43. The molecular formula is C17H21N5O. The molecule has 0 saturated heterocycles. The molecule has 0 fully saturated rings. The SMILES string of the molecule is CCN(CC)C(=O)Nc1ccc(C(C)NC=C(C#N)C#N)cc1. The quantitative estimate of drug-likeness (QED) is 0.789. The monoisotopic (exact) mass is 311 g/mol. The number of benzene rings is 1. The molecule has 120 valence electrons. The minimum absolute atomic E-state index is 0.0277. The minimum atomic E-state index is -0.121. The van der Waals surface area contributed by atoms with Crippen molar-refractivity contribution in [3.8, 4) is 12.1 Å². The molecule has 2 N–H and O–H groups in total. The second kappa shape index (κ2) is 9.11. The maximum atomic E-state index is 12.0. The molecule has 1 rings (SSSR count). The fraction of sp³-hybridized carbons (Fsp3) is 0.353. The predicted octanol–water partition coefficient (Wildman–Crippen LogP) is 3.14. The number of nitrogens with zero attached hydrogens (tertiary/aromatic N) is 3. The number of hydrogen-bond donors (Lipinski definition) is 2. The van der Waals surface area contributed by atoms with Crippen molar-refractivity contribution < 1.29 is 4.79 Å². The predicted molar refractivity (Wildman–Crippen MR) is 89.2 cm³/mol. The maximum Gasteiger partial charge on any atom is 0.321 e. The summed E-state index contributed by atoms with van der Waals surface area (Å²) < 4.78 is 0. The number of carbonyl (C=O) groups excluding carboxylic acids is 1. The van der Waals surface area contributed by atoms with Crippen LogP contribution in [-0.2, 0) is 0 Å². The van der Waals surface area contributed by atoms with Gasteiger partial charge in [0.15, 0.2) is 0 Å². The first-order chi connectivity index (χ1) is 11.0. The van der Waals surface area contributed by atoms with E-state index in [1.807, 2.05) is 45.0 Å². The van der Waals surface area contributed by atoms with Gasteiger partial charge in [0.2, 0.25) is 0 Å². The van der Waals surface area contributed by atoms with Crippen molar-refractivity contribution >= 4 is 11.7 Å². The molecule has 0 aliphatic heterocycles. The molecule has 0 aliphatic carbocycles. The number of nitriles is 2. The van der Waals surface area contributed by atoms with Crippen LogP contribution in [-0.4, -0.2) is 24.0 Å². The van der Waals surface area contributed by atoms with E-state index in [9.17, 15) is 4.79 Å². The first-order valence-electron chi connectivity index (χ1n) is 7.48. The van der Waals surface area contributed by atoms with E-state index >= 15 is 0 Å². The van der Waals surface area contributed by atoms with Crippen LogP contribution in [0.15, 0.2) is 36.0 Å². The van der Waals surface area contributed by atoms with Crippen molar-refractivity contribution in [3.05, 3.63) is 41.6 Å². The topological polar surface area (TPSA) is 91.9 Å². The highest BCUT2D eigenvalue weighted by molar-refractivity contribution is 5.89. The van der Waals surface area contributed by atoms with Crippen molar-refractivity contribution in [2.24, 2.45) is 0 Å². The fourth-order valence-electron chi connectivity index (χ4n) is 1.96. The van der Waals surface area contributed by atoms with Gasteiger partial charge in [-0.15, -0.1) is 0 Å².